The predicted octanol–water partition coefficient (Wildman–Crippen LogP) is 0.726. The van der Waals surface area contributed by atoms with Gasteiger partial charge in [0.05, 0.1) is 0 Å². The Hall–Kier alpha value is -0.760. The Balaban J connectivity index is 2.50. The van der Waals surface area contributed by atoms with Crippen molar-refractivity contribution >= 4 is 16.0 Å². The first-order valence-electron chi connectivity index (χ1n) is 4.83. The maximum Gasteiger partial charge on any atom is 0.350 e. The van der Waals surface area contributed by atoms with E-state index >= 15 is 0 Å². The molecular formula is C8H13F2NO4S. The lowest BCUT2D eigenvalue weighted by Gasteiger charge is -2.15. The molecule has 1 rings (SSSR count). The fourth-order valence-electron chi connectivity index (χ4n) is 1.70. The number of sulfonamides is 1. The Morgan fingerprint density at radius 2 is 2.12 bits per heavy atom. The van der Waals surface area contributed by atoms with E-state index in [0.717, 1.165) is 4.31 Å². The molecule has 0 saturated carbocycles. The van der Waals surface area contributed by atoms with E-state index in [9.17, 15) is 22.0 Å². The van der Waals surface area contributed by atoms with Crippen LogP contribution in [0.1, 0.15) is 19.3 Å². The Kier molecular flexibility index (Phi) is 4.20. The summed E-state index contributed by atoms with van der Waals surface area (Å²) in [6.07, 6.45) is 0.705. The molecule has 0 aromatic carbocycles. The van der Waals surface area contributed by atoms with Gasteiger partial charge in [0.25, 0.3) is 10.0 Å². The number of hydrogen-bond donors (Lipinski definition) is 1. The molecule has 1 N–H and O–H groups in total. The highest BCUT2D eigenvalue weighted by molar-refractivity contribution is 7.89. The van der Waals surface area contributed by atoms with Gasteiger partial charge in [-0.25, -0.2) is 8.42 Å². The lowest BCUT2D eigenvalue weighted by Crippen LogP contribution is -2.33. The van der Waals surface area contributed by atoms with Crippen LogP contribution in [0.4, 0.5) is 8.78 Å². The molecule has 0 aromatic rings. The van der Waals surface area contributed by atoms with Gasteiger partial charge < -0.3 is 5.11 Å². The molecule has 1 saturated heterocycles. The van der Waals surface area contributed by atoms with Crippen molar-refractivity contribution < 1.29 is 27.1 Å². The van der Waals surface area contributed by atoms with Crippen LogP contribution in [0, 0.1) is 5.92 Å². The molecule has 1 atom stereocenters. The number of aliphatic carboxylic acids is 1. The molecule has 0 radical (unpaired) electrons. The third-order valence-electron chi connectivity index (χ3n) is 2.60. The van der Waals surface area contributed by atoms with Gasteiger partial charge in [0, 0.05) is 19.5 Å². The fraction of sp³-hybridized carbons (Fsp3) is 0.875. The number of carboxylic acid groups (broad SMARTS) is 1. The normalized spacial score (nSPS) is 22.8. The van der Waals surface area contributed by atoms with Gasteiger partial charge in [-0.1, -0.05) is 0 Å². The zero-order valence-corrected chi connectivity index (χ0v) is 9.29. The minimum atomic E-state index is -4.50. The summed E-state index contributed by atoms with van der Waals surface area (Å²) in [7, 11) is -4.50. The summed E-state index contributed by atoms with van der Waals surface area (Å²) >= 11 is 0. The third-order valence-corrected chi connectivity index (χ3v) is 4.10. The molecule has 1 unspecified atom stereocenters. The molecule has 94 valence electrons. The van der Waals surface area contributed by atoms with Gasteiger partial charge in [0.15, 0.2) is 0 Å². The lowest BCUT2D eigenvalue weighted by atomic mass is 10.0. The smallest absolute Gasteiger partial charge is 0.350 e. The first-order chi connectivity index (χ1) is 7.34. The van der Waals surface area contributed by atoms with E-state index in [0.29, 0.717) is 12.8 Å². The largest absolute Gasteiger partial charge is 0.481 e. The number of carboxylic acids is 1. The zero-order chi connectivity index (χ0) is 12.3. The Morgan fingerprint density at radius 3 is 2.62 bits per heavy atom. The van der Waals surface area contributed by atoms with Crippen LogP contribution in [-0.2, 0) is 14.8 Å². The number of halogens is 2. The summed E-state index contributed by atoms with van der Waals surface area (Å²) in [5, 5.41) is 8.44. The third kappa shape index (κ3) is 3.11. The minimum absolute atomic E-state index is 0.0000463. The van der Waals surface area contributed by atoms with E-state index in [1.807, 2.05) is 0 Å². The van der Waals surface area contributed by atoms with Gasteiger partial charge in [-0.05, 0) is 18.8 Å². The molecule has 16 heavy (non-hydrogen) atoms. The van der Waals surface area contributed by atoms with Crippen LogP contribution in [0.2, 0.25) is 0 Å². The summed E-state index contributed by atoms with van der Waals surface area (Å²) in [5.41, 5.74) is 0. The first-order valence-corrected chi connectivity index (χ1v) is 6.33. The summed E-state index contributed by atoms with van der Waals surface area (Å²) in [5.74, 6) is -4.49. The number of nitrogens with zero attached hydrogens (tertiary/aromatic N) is 1. The standard InChI is InChI=1S/C8H13F2NO4S/c9-8(10)16(14,15)11-4-3-6(5-11)1-2-7(12)13/h6,8H,1-5H2,(H,12,13). The Bertz CT molecular complexity index is 357. The average Bonchev–Trinajstić information content (AvgIpc) is 2.63. The molecule has 0 spiro atoms. The molecule has 5 nitrogen and oxygen atoms in total. The topological polar surface area (TPSA) is 74.7 Å². The monoisotopic (exact) mass is 257 g/mol. The summed E-state index contributed by atoms with van der Waals surface area (Å²) < 4.78 is 47.3. The van der Waals surface area contributed by atoms with Crippen LogP contribution in [0.15, 0.2) is 0 Å². The Labute approximate surface area is 92.1 Å². The average molecular weight is 257 g/mol. The second kappa shape index (κ2) is 5.05. The molecule has 0 aliphatic carbocycles. The van der Waals surface area contributed by atoms with Gasteiger partial charge in [-0.15, -0.1) is 0 Å². The molecule has 1 aliphatic rings. The van der Waals surface area contributed by atoms with Crippen molar-refractivity contribution in [2.75, 3.05) is 13.1 Å². The van der Waals surface area contributed by atoms with Crippen molar-refractivity contribution in [2.24, 2.45) is 5.92 Å². The van der Waals surface area contributed by atoms with Crippen LogP contribution < -0.4 is 0 Å². The van der Waals surface area contributed by atoms with Crippen LogP contribution in [-0.4, -0.2) is 42.6 Å². The van der Waals surface area contributed by atoms with E-state index in [1.165, 1.54) is 0 Å². The van der Waals surface area contributed by atoms with Gasteiger partial charge in [0.1, 0.15) is 0 Å². The molecular weight excluding hydrogens is 244 g/mol. The van der Waals surface area contributed by atoms with E-state index in [1.54, 1.807) is 0 Å². The quantitative estimate of drug-likeness (QED) is 0.787. The molecule has 1 aliphatic heterocycles. The Morgan fingerprint density at radius 1 is 1.50 bits per heavy atom. The number of rotatable bonds is 5. The summed E-state index contributed by atoms with van der Waals surface area (Å²) in [6, 6.07) is 0. The van der Waals surface area contributed by atoms with Crippen molar-refractivity contribution in [1.82, 2.24) is 4.31 Å². The molecule has 0 amide bonds. The second-order valence-electron chi connectivity index (χ2n) is 3.75. The highest BCUT2D eigenvalue weighted by Gasteiger charge is 2.37. The first kappa shape index (κ1) is 13.3. The van der Waals surface area contributed by atoms with Crippen LogP contribution in [0.5, 0.6) is 0 Å². The van der Waals surface area contributed by atoms with Crippen LogP contribution >= 0.6 is 0 Å². The SMILES string of the molecule is O=C(O)CCC1CCN(S(=O)(=O)C(F)F)C1. The number of carbonyl (C=O) groups is 1. The van der Waals surface area contributed by atoms with Gasteiger partial charge >= 0.3 is 11.7 Å². The molecule has 0 aromatic heterocycles. The summed E-state index contributed by atoms with van der Waals surface area (Å²) in [6.45, 7) is 0.0525. The molecule has 1 fully saturated rings. The van der Waals surface area contributed by atoms with Gasteiger partial charge in [-0.3, -0.25) is 4.79 Å². The fourth-order valence-corrected chi connectivity index (χ4v) is 2.71. The van der Waals surface area contributed by atoms with Crippen molar-refractivity contribution in [2.45, 2.75) is 25.0 Å². The number of hydrogen-bond acceptors (Lipinski definition) is 3. The van der Waals surface area contributed by atoms with Gasteiger partial charge in [-0.2, -0.15) is 13.1 Å². The highest BCUT2D eigenvalue weighted by atomic mass is 32.2. The van der Waals surface area contributed by atoms with Crippen LogP contribution in [0.25, 0.3) is 0 Å². The summed E-state index contributed by atoms with van der Waals surface area (Å²) in [4.78, 5) is 10.3. The molecule has 1 heterocycles. The van der Waals surface area contributed by atoms with Crippen LogP contribution in [0.3, 0.4) is 0 Å². The molecule has 0 bridgehead atoms. The van der Waals surface area contributed by atoms with Crippen molar-refractivity contribution in [3.63, 3.8) is 0 Å². The van der Waals surface area contributed by atoms with E-state index < -0.39 is 21.8 Å². The lowest BCUT2D eigenvalue weighted by molar-refractivity contribution is -0.137. The van der Waals surface area contributed by atoms with Gasteiger partial charge in [0.2, 0.25) is 0 Å². The van der Waals surface area contributed by atoms with Crippen molar-refractivity contribution in [3.8, 4) is 0 Å². The van der Waals surface area contributed by atoms with E-state index in [4.69, 9.17) is 5.11 Å². The zero-order valence-electron chi connectivity index (χ0n) is 8.47. The van der Waals surface area contributed by atoms with Crippen molar-refractivity contribution in [1.29, 1.82) is 0 Å². The number of alkyl halides is 2. The predicted molar refractivity (Wildman–Crippen MR) is 51.5 cm³/mol. The van der Waals surface area contributed by atoms with E-state index in [-0.39, 0.29) is 25.4 Å². The minimum Gasteiger partial charge on any atom is -0.481 e. The van der Waals surface area contributed by atoms with Crippen molar-refractivity contribution in [3.05, 3.63) is 0 Å². The maximum absolute atomic E-state index is 12.2. The van der Waals surface area contributed by atoms with E-state index in [2.05, 4.69) is 0 Å². The maximum atomic E-state index is 12.2. The second-order valence-corrected chi connectivity index (χ2v) is 5.65. The molecule has 8 heteroatoms. The highest BCUT2D eigenvalue weighted by Crippen LogP contribution is 2.25.